The quantitative estimate of drug-likeness (QED) is 0.722. The van der Waals surface area contributed by atoms with Crippen LogP contribution in [0.3, 0.4) is 0 Å². The van der Waals surface area contributed by atoms with E-state index in [9.17, 15) is 5.11 Å². The highest BCUT2D eigenvalue weighted by Crippen LogP contribution is 2.22. The Morgan fingerprint density at radius 3 is 2.38 bits per heavy atom. The number of aliphatic hydroxyl groups excluding tert-OH is 1. The van der Waals surface area contributed by atoms with Crippen LogP contribution in [0.4, 0.5) is 0 Å². The van der Waals surface area contributed by atoms with Gasteiger partial charge in [-0.15, -0.1) is 0 Å². The smallest absolute Gasteiger partial charge is 0.0614 e. The summed E-state index contributed by atoms with van der Waals surface area (Å²) in [6.07, 6.45) is 3.30. The van der Waals surface area contributed by atoms with Gasteiger partial charge in [0.05, 0.1) is 6.61 Å². The maximum absolute atomic E-state index is 9.56. The molecule has 0 aromatic rings. The highest BCUT2D eigenvalue weighted by molar-refractivity contribution is 4.92. The third kappa shape index (κ3) is 4.04. The van der Waals surface area contributed by atoms with Gasteiger partial charge in [0, 0.05) is 12.1 Å². The number of rotatable bonds is 6. The Hall–Kier alpha value is -0.120. The van der Waals surface area contributed by atoms with Gasteiger partial charge in [-0.1, -0.05) is 20.8 Å². The van der Waals surface area contributed by atoms with Crippen LogP contribution in [-0.4, -0.2) is 48.3 Å². The van der Waals surface area contributed by atoms with E-state index in [1.54, 1.807) is 0 Å². The van der Waals surface area contributed by atoms with Gasteiger partial charge in [-0.25, -0.2) is 0 Å². The van der Waals surface area contributed by atoms with Crippen LogP contribution < -0.4 is 5.32 Å². The Balaban J connectivity index is 2.37. The van der Waals surface area contributed by atoms with E-state index in [1.165, 1.54) is 6.54 Å². The zero-order valence-corrected chi connectivity index (χ0v) is 11.1. The van der Waals surface area contributed by atoms with E-state index in [0.717, 1.165) is 44.8 Å². The lowest BCUT2D eigenvalue weighted by atomic mass is 9.88. The molecular formula is C13H28N2O. The first-order valence-corrected chi connectivity index (χ1v) is 6.70. The number of nitrogens with zero attached hydrogens (tertiary/aromatic N) is 1. The summed E-state index contributed by atoms with van der Waals surface area (Å²) in [4.78, 5) is 2.52. The summed E-state index contributed by atoms with van der Waals surface area (Å²) in [6.45, 7) is 11.4. The molecule has 1 aliphatic rings. The van der Waals surface area contributed by atoms with Crippen molar-refractivity contribution in [3.63, 3.8) is 0 Å². The molecule has 3 heteroatoms. The van der Waals surface area contributed by atoms with Gasteiger partial charge < -0.3 is 15.3 Å². The maximum atomic E-state index is 9.56. The zero-order chi connectivity index (χ0) is 12.0. The van der Waals surface area contributed by atoms with E-state index in [1.807, 2.05) is 0 Å². The van der Waals surface area contributed by atoms with Crippen molar-refractivity contribution in [2.24, 2.45) is 5.92 Å². The molecule has 0 spiro atoms. The molecule has 0 amide bonds. The molecule has 0 saturated carbocycles. The number of nitrogens with one attached hydrogen (secondary N) is 1. The summed E-state index contributed by atoms with van der Waals surface area (Å²) in [5.41, 5.74) is 0.00346. The molecule has 1 aliphatic heterocycles. The second-order valence-electron chi connectivity index (χ2n) is 5.56. The van der Waals surface area contributed by atoms with E-state index in [-0.39, 0.29) is 12.1 Å². The van der Waals surface area contributed by atoms with Crippen LogP contribution in [0.2, 0.25) is 0 Å². The second kappa shape index (κ2) is 6.58. The third-order valence-electron chi connectivity index (χ3n) is 3.49. The van der Waals surface area contributed by atoms with Gasteiger partial charge >= 0.3 is 0 Å². The summed E-state index contributed by atoms with van der Waals surface area (Å²) in [5, 5.41) is 13.1. The number of likely N-dealkylation sites (tertiary alicyclic amines) is 1. The van der Waals surface area contributed by atoms with E-state index >= 15 is 0 Å². The minimum Gasteiger partial charge on any atom is -0.394 e. The molecule has 96 valence electrons. The molecule has 1 saturated heterocycles. The predicted octanol–water partition coefficient (Wildman–Crippen LogP) is 1.47. The molecule has 0 aliphatic carbocycles. The van der Waals surface area contributed by atoms with Crippen LogP contribution in [-0.2, 0) is 0 Å². The van der Waals surface area contributed by atoms with Crippen LogP contribution in [0.25, 0.3) is 0 Å². The molecule has 1 heterocycles. The lowest BCUT2D eigenvalue weighted by Crippen LogP contribution is -2.56. The Morgan fingerprint density at radius 1 is 1.31 bits per heavy atom. The first-order valence-electron chi connectivity index (χ1n) is 6.70. The van der Waals surface area contributed by atoms with Crippen molar-refractivity contribution in [2.45, 2.75) is 45.6 Å². The van der Waals surface area contributed by atoms with E-state index in [2.05, 4.69) is 31.0 Å². The topological polar surface area (TPSA) is 35.5 Å². The third-order valence-corrected chi connectivity index (χ3v) is 3.49. The largest absolute Gasteiger partial charge is 0.394 e. The highest BCUT2D eigenvalue weighted by atomic mass is 16.3. The van der Waals surface area contributed by atoms with Crippen molar-refractivity contribution in [1.29, 1.82) is 0 Å². The second-order valence-corrected chi connectivity index (χ2v) is 5.56. The average molecular weight is 228 g/mol. The van der Waals surface area contributed by atoms with Crippen LogP contribution >= 0.6 is 0 Å². The molecule has 16 heavy (non-hydrogen) atoms. The number of aliphatic hydroxyl groups is 1. The lowest BCUT2D eigenvalue weighted by Gasteiger charge is -2.42. The van der Waals surface area contributed by atoms with Gasteiger partial charge in [-0.3, -0.25) is 0 Å². The number of piperidine rings is 1. The van der Waals surface area contributed by atoms with Crippen LogP contribution in [0, 0.1) is 5.92 Å². The van der Waals surface area contributed by atoms with Gasteiger partial charge in [0.2, 0.25) is 0 Å². The summed E-state index contributed by atoms with van der Waals surface area (Å²) in [7, 11) is 0. The van der Waals surface area contributed by atoms with E-state index in [4.69, 9.17) is 0 Å². The molecule has 1 rings (SSSR count). The summed E-state index contributed by atoms with van der Waals surface area (Å²) < 4.78 is 0. The Labute approximate surface area is 100 Å². The van der Waals surface area contributed by atoms with Gasteiger partial charge in [-0.05, 0) is 44.8 Å². The van der Waals surface area contributed by atoms with Crippen LogP contribution in [0.15, 0.2) is 0 Å². The van der Waals surface area contributed by atoms with Crippen LogP contribution in [0.5, 0.6) is 0 Å². The van der Waals surface area contributed by atoms with Crippen molar-refractivity contribution in [1.82, 2.24) is 10.2 Å². The lowest BCUT2D eigenvalue weighted by molar-refractivity contribution is 0.0739. The Morgan fingerprint density at radius 2 is 1.94 bits per heavy atom. The first-order chi connectivity index (χ1) is 7.62. The Bertz CT molecular complexity index is 186. The molecular weight excluding hydrogens is 200 g/mol. The zero-order valence-electron chi connectivity index (χ0n) is 11.1. The molecule has 0 radical (unpaired) electrons. The molecule has 0 aromatic heterocycles. The van der Waals surface area contributed by atoms with E-state index < -0.39 is 0 Å². The monoisotopic (exact) mass is 228 g/mol. The molecule has 3 nitrogen and oxygen atoms in total. The molecule has 0 unspecified atom stereocenters. The van der Waals surface area contributed by atoms with E-state index in [0.29, 0.717) is 0 Å². The van der Waals surface area contributed by atoms with Crippen molar-refractivity contribution in [3.8, 4) is 0 Å². The molecule has 0 aromatic carbocycles. The molecule has 2 N–H and O–H groups in total. The SMILES string of the molecule is CCCNC1(CO)CCN(CC(C)C)CC1. The van der Waals surface area contributed by atoms with Gasteiger partial charge in [0.1, 0.15) is 0 Å². The maximum Gasteiger partial charge on any atom is 0.0614 e. The van der Waals surface area contributed by atoms with Gasteiger partial charge in [0.25, 0.3) is 0 Å². The normalized spacial score (nSPS) is 21.6. The summed E-state index contributed by atoms with van der Waals surface area (Å²) in [6, 6.07) is 0. The highest BCUT2D eigenvalue weighted by Gasteiger charge is 2.33. The van der Waals surface area contributed by atoms with Gasteiger partial charge in [0.15, 0.2) is 0 Å². The summed E-state index contributed by atoms with van der Waals surface area (Å²) in [5.74, 6) is 0.741. The standard InChI is InChI=1S/C13H28N2O/c1-4-7-14-13(11-16)5-8-15(9-6-13)10-12(2)3/h12,14,16H,4-11H2,1-3H3. The average Bonchev–Trinajstić information content (AvgIpc) is 2.28. The molecule has 0 bridgehead atoms. The minimum atomic E-state index is 0.00346. The summed E-state index contributed by atoms with van der Waals surface area (Å²) >= 11 is 0. The van der Waals surface area contributed by atoms with Crippen molar-refractivity contribution >= 4 is 0 Å². The predicted molar refractivity (Wildman–Crippen MR) is 68.6 cm³/mol. The number of hydrogen-bond acceptors (Lipinski definition) is 3. The molecule has 0 atom stereocenters. The fourth-order valence-corrected chi connectivity index (χ4v) is 2.46. The first kappa shape index (κ1) is 13.9. The van der Waals surface area contributed by atoms with Crippen molar-refractivity contribution < 1.29 is 5.11 Å². The fraction of sp³-hybridized carbons (Fsp3) is 1.00. The number of hydrogen-bond donors (Lipinski definition) is 2. The van der Waals surface area contributed by atoms with Crippen molar-refractivity contribution in [3.05, 3.63) is 0 Å². The van der Waals surface area contributed by atoms with Crippen molar-refractivity contribution in [2.75, 3.05) is 32.8 Å². The van der Waals surface area contributed by atoms with Gasteiger partial charge in [-0.2, -0.15) is 0 Å². The fourth-order valence-electron chi connectivity index (χ4n) is 2.46. The molecule has 1 fully saturated rings. The Kier molecular flexibility index (Phi) is 5.73. The van der Waals surface area contributed by atoms with Crippen LogP contribution in [0.1, 0.15) is 40.0 Å². The minimum absolute atomic E-state index is 0.00346.